The number of carbonyl (C=O) groups is 3. The summed E-state index contributed by atoms with van der Waals surface area (Å²) < 4.78 is 13.8. The van der Waals surface area contributed by atoms with Crippen LogP contribution in [-0.4, -0.2) is 17.6 Å². The molecule has 0 saturated carbocycles. The maximum atomic E-state index is 13.8. The van der Waals surface area contributed by atoms with E-state index in [9.17, 15) is 18.8 Å². The van der Waals surface area contributed by atoms with Gasteiger partial charge in [0.2, 0.25) is 11.8 Å². The second-order valence-corrected chi connectivity index (χ2v) is 6.10. The smallest absolute Gasteiger partial charge is 0.230 e. The lowest BCUT2D eigenvalue weighted by Crippen LogP contribution is -2.34. The van der Waals surface area contributed by atoms with E-state index >= 15 is 0 Å². The predicted molar refractivity (Wildman–Crippen MR) is 95.4 cm³/mol. The van der Waals surface area contributed by atoms with Crippen LogP contribution in [0.3, 0.4) is 0 Å². The monoisotopic (exact) mass is 361 g/mol. The van der Waals surface area contributed by atoms with Gasteiger partial charge in [-0.1, -0.05) is 23.7 Å². The van der Waals surface area contributed by atoms with Crippen LogP contribution in [0.2, 0.25) is 5.02 Å². The molecule has 2 aromatic carbocycles. The fourth-order valence-electron chi connectivity index (χ4n) is 2.77. The fraction of sp³-hybridized carbons (Fsp3) is 0.211. The van der Waals surface area contributed by atoms with Crippen LogP contribution in [0, 0.1) is 12.7 Å². The molecule has 0 fully saturated rings. The molecule has 0 atom stereocenters. The van der Waals surface area contributed by atoms with E-state index in [4.69, 9.17) is 11.6 Å². The fourth-order valence-corrected chi connectivity index (χ4v) is 2.96. The summed E-state index contributed by atoms with van der Waals surface area (Å²) in [6.45, 7) is 5.47. The molecule has 4 nitrogen and oxygen atoms in total. The van der Waals surface area contributed by atoms with E-state index < -0.39 is 17.6 Å². The first-order valence-corrected chi connectivity index (χ1v) is 7.94. The van der Waals surface area contributed by atoms with Crippen molar-refractivity contribution in [2.45, 2.75) is 27.7 Å². The number of anilines is 1. The molecule has 6 heteroatoms. The van der Waals surface area contributed by atoms with Gasteiger partial charge in [-0.05, 0) is 43.2 Å². The molecule has 0 radical (unpaired) electrons. The number of amides is 2. The molecular formula is C19H17ClFNO3. The van der Waals surface area contributed by atoms with E-state index in [2.05, 4.69) is 0 Å². The minimum atomic E-state index is -0.523. The van der Waals surface area contributed by atoms with E-state index in [1.165, 1.54) is 45.0 Å². The molecule has 0 saturated heterocycles. The third kappa shape index (κ3) is 3.61. The van der Waals surface area contributed by atoms with Gasteiger partial charge in [0, 0.05) is 30.0 Å². The van der Waals surface area contributed by atoms with Gasteiger partial charge in [-0.2, -0.15) is 0 Å². The Morgan fingerprint density at radius 3 is 2.12 bits per heavy atom. The molecule has 0 bridgehead atoms. The van der Waals surface area contributed by atoms with Crippen molar-refractivity contribution in [1.29, 1.82) is 0 Å². The van der Waals surface area contributed by atoms with Crippen LogP contribution in [0.25, 0.3) is 11.1 Å². The van der Waals surface area contributed by atoms with Crippen LogP contribution in [0.1, 0.15) is 36.7 Å². The molecule has 0 N–H and O–H groups in total. The van der Waals surface area contributed by atoms with Crippen molar-refractivity contribution in [1.82, 2.24) is 0 Å². The first kappa shape index (κ1) is 18.8. The summed E-state index contributed by atoms with van der Waals surface area (Å²) >= 11 is 6.23. The Morgan fingerprint density at radius 1 is 1.04 bits per heavy atom. The summed E-state index contributed by atoms with van der Waals surface area (Å²) in [7, 11) is 0. The van der Waals surface area contributed by atoms with Crippen LogP contribution in [0.5, 0.6) is 0 Å². The first-order chi connectivity index (χ1) is 11.6. The summed E-state index contributed by atoms with van der Waals surface area (Å²) in [5, 5.41) is 0.243. The van der Waals surface area contributed by atoms with Crippen LogP contribution in [-0.2, 0) is 9.59 Å². The number of Topliss-reactive ketones (excluding diaryl/α,β-unsaturated/α-hetero) is 1. The quantitative estimate of drug-likeness (QED) is 0.753. The lowest BCUT2D eigenvalue weighted by Gasteiger charge is -2.25. The normalized spacial score (nSPS) is 10.5. The van der Waals surface area contributed by atoms with Gasteiger partial charge in [0.05, 0.1) is 5.69 Å². The number of imide groups is 1. The highest BCUT2D eigenvalue weighted by Crippen LogP contribution is 2.41. The Morgan fingerprint density at radius 2 is 1.64 bits per heavy atom. The lowest BCUT2D eigenvalue weighted by atomic mass is 9.92. The molecule has 0 aliphatic heterocycles. The van der Waals surface area contributed by atoms with E-state index in [1.54, 1.807) is 13.0 Å². The molecular weight excluding hydrogens is 345 g/mol. The minimum absolute atomic E-state index is 0.198. The zero-order valence-corrected chi connectivity index (χ0v) is 15.1. The van der Waals surface area contributed by atoms with Gasteiger partial charge < -0.3 is 0 Å². The van der Waals surface area contributed by atoms with Crippen molar-refractivity contribution in [2.24, 2.45) is 0 Å². The van der Waals surface area contributed by atoms with Crippen LogP contribution < -0.4 is 4.90 Å². The summed E-state index contributed by atoms with van der Waals surface area (Å²) in [5.41, 5.74) is 1.55. The molecule has 2 rings (SSSR count). The van der Waals surface area contributed by atoms with E-state index in [-0.39, 0.29) is 22.1 Å². The average molecular weight is 362 g/mol. The van der Waals surface area contributed by atoms with Gasteiger partial charge in [0.15, 0.2) is 5.78 Å². The van der Waals surface area contributed by atoms with Crippen molar-refractivity contribution < 1.29 is 18.8 Å². The third-order valence-corrected chi connectivity index (χ3v) is 4.23. The molecule has 2 aromatic rings. The Balaban J connectivity index is 3.01. The number of rotatable bonds is 3. The highest BCUT2D eigenvalue weighted by atomic mass is 35.5. The summed E-state index contributed by atoms with van der Waals surface area (Å²) in [5.74, 6) is -1.85. The minimum Gasteiger partial charge on any atom is -0.294 e. The summed E-state index contributed by atoms with van der Waals surface area (Å²) in [4.78, 5) is 37.3. The van der Waals surface area contributed by atoms with Crippen LogP contribution >= 0.6 is 11.6 Å². The maximum Gasteiger partial charge on any atom is 0.230 e. The zero-order chi connectivity index (χ0) is 18.9. The Kier molecular flexibility index (Phi) is 5.38. The molecule has 0 aliphatic rings. The summed E-state index contributed by atoms with van der Waals surface area (Å²) in [6.07, 6.45) is 0. The molecule has 0 aromatic heterocycles. The molecule has 0 heterocycles. The van der Waals surface area contributed by atoms with Crippen molar-refractivity contribution in [3.8, 4) is 11.1 Å². The number of halogens is 2. The molecule has 25 heavy (non-hydrogen) atoms. The van der Waals surface area contributed by atoms with Crippen molar-refractivity contribution in [2.75, 3.05) is 4.90 Å². The number of ketones is 1. The summed E-state index contributed by atoms with van der Waals surface area (Å²) in [6, 6.07) is 7.10. The SMILES string of the molecule is CC(=O)c1cc(Cl)c(C)c(N(C(C)=O)C(C)=O)c1-c1cccc(F)c1. The van der Waals surface area contributed by atoms with Crippen molar-refractivity contribution in [3.05, 3.63) is 52.3 Å². The number of hydrogen-bond donors (Lipinski definition) is 0. The van der Waals surface area contributed by atoms with Gasteiger partial charge >= 0.3 is 0 Å². The molecule has 0 aliphatic carbocycles. The van der Waals surface area contributed by atoms with Gasteiger partial charge in [0.1, 0.15) is 5.82 Å². The largest absolute Gasteiger partial charge is 0.294 e. The molecule has 0 spiro atoms. The lowest BCUT2D eigenvalue weighted by molar-refractivity contribution is -0.124. The predicted octanol–water partition coefficient (Wildman–Crippen LogP) is 4.56. The van der Waals surface area contributed by atoms with Gasteiger partial charge in [-0.25, -0.2) is 4.39 Å². The van der Waals surface area contributed by atoms with E-state index in [0.29, 0.717) is 16.7 Å². The number of benzene rings is 2. The Bertz CT molecular complexity index is 878. The number of carbonyl (C=O) groups excluding carboxylic acids is 3. The van der Waals surface area contributed by atoms with Gasteiger partial charge in [-0.3, -0.25) is 19.3 Å². The highest BCUT2D eigenvalue weighted by Gasteiger charge is 2.27. The topological polar surface area (TPSA) is 54.5 Å². The van der Waals surface area contributed by atoms with E-state index in [1.807, 2.05) is 0 Å². The van der Waals surface area contributed by atoms with Crippen molar-refractivity contribution >= 4 is 34.9 Å². The van der Waals surface area contributed by atoms with Crippen LogP contribution in [0.4, 0.5) is 10.1 Å². The van der Waals surface area contributed by atoms with Gasteiger partial charge in [0.25, 0.3) is 0 Å². The first-order valence-electron chi connectivity index (χ1n) is 7.56. The second kappa shape index (κ2) is 7.15. The van der Waals surface area contributed by atoms with Crippen molar-refractivity contribution in [3.63, 3.8) is 0 Å². The Hall–Kier alpha value is -2.53. The highest BCUT2D eigenvalue weighted by molar-refractivity contribution is 6.33. The second-order valence-electron chi connectivity index (χ2n) is 5.69. The van der Waals surface area contributed by atoms with Crippen LogP contribution in [0.15, 0.2) is 30.3 Å². The average Bonchev–Trinajstić information content (AvgIpc) is 2.50. The third-order valence-electron chi connectivity index (χ3n) is 3.84. The Labute approximate surface area is 150 Å². The van der Waals surface area contributed by atoms with Gasteiger partial charge in [-0.15, -0.1) is 0 Å². The zero-order valence-electron chi connectivity index (χ0n) is 14.3. The van der Waals surface area contributed by atoms with E-state index in [0.717, 1.165) is 4.90 Å². The molecule has 130 valence electrons. The standard InChI is InChI=1S/C19H17ClFNO3/c1-10-17(20)9-16(11(2)23)18(14-6-5-7-15(21)8-14)19(10)22(12(3)24)13(4)25/h5-9H,1-4H3. The molecule has 0 unspecified atom stereocenters. The number of nitrogens with zero attached hydrogens (tertiary/aromatic N) is 1. The number of hydrogen-bond acceptors (Lipinski definition) is 3. The molecule has 2 amide bonds. The maximum absolute atomic E-state index is 13.8.